The molecular formula is C56H64N12O7. The molecule has 3 N–H and O–H groups in total. The fourth-order valence-electron chi connectivity index (χ4n) is 12.5. The summed E-state index contributed by atoms with van der Waals surface area (Å²) in [5.41, 5.74) is 8.62. The lowest BCUT2D eigenvalue weighted by Gasteiger charge is -2.47. The van der Waals surface area contributed by atoms with Crippen LogP contribution in [-0.2, 0) is 54.0 Å². The summed E-state index contributed by atoms with van der Waals surface area (Å²) >= 11 is 0. The second-order valence-electron chi connectivity index (χ2n) is 21.7. The van der Waals surface area contributed by atoms with E-state index in [4.69, 9.17) is 4.98 Å². The van der Waals surface area contributed by atoms with Gasteiger partial charge in [-0.1, -0.05) is 26.5 Å². The largest absolute Gasteiger partial charge is 0.392 e. The van der Waals surface area contributed by atoms with Crippen molar-refractivity contribution < 1.29 is 29.1 Å². The second-order valence-corrected chi connectivity index (χ2v) is 21.7. The second kappa shape index (κ2) is 19.2. The van der Waals surface area contributed by atoms with Crippen molar-refractivity contribution in [1.82, 2.24) is 33.8 Å². The number of aliphatic hydroxyl groups excluding tert-OH is 1. The lowest BCUT2D eigenvalue weighted by atomic mass is 9.90. The summed E-state index contributed by atoms with van der Waals surface area (Å²) in [6.45, 7) is 15.2. The molecule has 11 rings (SSSR count). The Hall–Kier alpha value is -7.64. The molecule has 1 aliphatic carbocycles. The van der Waals surface area contributed by atoms with Crippen molar-refractivity contribution in [3.05, 3.63) is 118 Å². The normalized spacial score (nSPS) is 20.9. The number of hydrogen-bond acceptors (Lipinski definition) is 13. The molecule has 19 heteroatoms. The average Bonchev–Trinajstić information content (AvgIpc) is 4.05. The molecule has 390 valence electrons. The van der Waals surface area contributed by atoms with Crippen molar-refractivity contribution in [3.8, 4) is 11.3 Å². The van der Waals surface area contributed by atoms with Crippen molar-refractivity contribution in [2.24, 2.45) is 12.5 Å². The number of rotatable bonds is 11. The molecule has 0 spiro atoms. The first-order chi connectivity index (χ1) is 36.0. The summed E-state index contributed by atoms with van der Waals surface area (Å²) in [6.07, 6.45) is 8.69. The van der Waals surface area contributed by atoms with Gasteiger partial charge in [-0.3, -0.25) is 43.5 Å². The molecule has 0 saturated carbocycles. The Kier molecular flexibility index (Phi) is 12.7. The number of piperazine rings is 1. The number of aromatic nitrogens is 4. The zero-order valence-electron chi connectivity index (χ0n) is 43.3. The number of fused-ring (bicyclic) bond motifs is 4. The van der Waals surface area contributed by atoms with Gasteiger partial charge in [-0.2, -0.15) is 0 Å². The molecule has 3 saturated heterocycles. The standard InChI is InChI=1S/C56H64N12O7/c1-7-48(70)59-41-26-35(58-50-55(75)61(5)31-42(60-50)37-15-18-57-51(40(37)32-69)67-24-23-66-46(54(67)74)25-34-27-56(3,4)28-47(34)66)11-12-44(41)65-22-21-64(29-33(65)2)36-16-19-63(20-17-36)43-10-8-9-38-39(43)30-68(52(38)72)45-13-14-49(71)62(6)53(45)73/h7-12,15,18,25-26,31,33,36,45,69H,1,13-14,16-17,19-24,27-30,32H2,2-6H3,(H,58,60)(H,59,70)/t33-,45?/m0/s1. The van der Waals surface area contributed by atoms with Crippen LogP contribution in [0.2, 0.25) is 0 Å². The summed E-state index contributed by atoms with van der Waals surface area (Å²) in [7, 11) is 3.12. The van der Waals surface area contributed by atoms with Crippen LogP contribution in [0.5, 0.6) is 0 Å². The van der Waals surface area contributed by atoms with Gasteiger partial charge in [-0.15, -0.1) is 0 Å². The first kappa shape index (κ1) is 49.6. The molecule has 75 heavy (non-hydrogen) atoms. The van der Waals surface area contributed by atoms with Gasteiger partial charge in [0.25, 0.3) is 23.3 Å². The predicted molar refractivity (Wildman–Crippen MR) is 285 cm³/mol. The van der Waals surface area contributed by atoms with E-state index in [-0.39, 0.29) is 53.2 Å². The van der Waals surface area contributed by atoms with Crippen LogP contribution in [0.15, 0.2) is 78.4 Å². The Morgan fingerprint density at radius 1 is 0.893 bits per heavy atom. The van der Waals surface area contributed by atoms with Gasteiger partial charge in [0.05, 0.1) is 23.7 Å². The molecule has 1 unspecified atom stereocenters. The Balaban J connectivity index is 0.772. The van der Waals surface area contributed by atoms with Gasteiger partial charge in [0.1, 0.15) is 17.6 Å². The fourth-order valence-corrected chi connectivity index (χ4v) is 12.5. The van der Waals surface area contributed by atoms with Crippen LogP contribution in [0.4, 0.5) is 34.4 Å². The van der Waals surface area contributed by atoms with E-state index in [1.807, 2.05) is 30.3 Å². The molecule has 5 aliphatic heterocycles. The third kappa shape index (κ3) is 8.84. The van der Waals surface area contributed by atoms with Crippen LogP contribution in [0.25, 0.3) is 11.3 Å². The van der Waals surface area contributed by atoms with E-state index >= 15 is 0 Å². The van der Waals surface area contributed by atoms with Crippen LogP contribution in [-0.4, -0.2) is 133 Å². The van der Waals surface area contributed by atoms with Crippen molar-refractivity contribution in [3.63, 3.8) is 0 Å². The molecule has 0 bridgehead atoms. The number of nitrogens with zero attached hydrogens (tertiary/aromatic N) is 10. The minimum atomic E-state index is -0.646. The van der Waals surface area contributed by atoms with E-state index in [1.54, 1.807) is 41.4 Å². The minimum absolute atomic E-state index is 0.0261. The van der Waals surface area contributed by atoms with Crippen molar-refractivity contribution in [2.45, 2.75) is 97.1 Å². The van der Waals surface area contributed by atoms with E-state index in [0.29, 0.717) is 83.9 Å². The Labute approximate surface area is 435 Å². The molecule has 2 aromatic carbocycles. The third-order valence-corrected chi connectivity index (χ3v) is 16.4. The number of piperidine rings is 2. The van der Waals surface area contributed by atoms with Gasteiger partial charge in [-0.05, 0) is 98.5 Å². The van der Waals surface area contributed by atoms with E-state index in [1.165, 1.54) is 28.9 Å². The predicted octanol–water partition coefficient (Wildman–Crippen LogP) is 5.07. The number of pyridine rings is 1. The highest BCUT2D eigenvalue weighted by molar-refractivity contribution is 6.07. The molecular weight excluding hydrogens is 953 g/mol. The van der Waals surface area contributed by atoms with Crippen LogP contribution in [0.1, 0.15) is 89.7 Å². The van der Waals surface area contributed by atoms with E-state index in [2.05, 4.69) is 68.3 Å². The quantitative estimate of drug-likeness (QED) is 0.117. The van der Waals surface area contributed by atoms with Crippen LogP contribution in [0.3, 0.4) is 0 Å². The number of carbonyl (C=O) groups is 5. The highest BCUT2D eigenvalue weighted by Gasteiger charge is 2.43. The number of aryl methyl sites for hydroxylation is 1. The molecule has 5 aromatic rings. The highest BCUT2D eigenvalue weighted by atomic mass is 16.3. The number of aliphatic hydroxyl groups is 1. The van der Waals surface area contributed by atoms with Crippen molar-refractivity contribution in [1.29, 1.82) is 0 Å². The highest BCUT2D eigenvalue weighted by Crippen LogP contribution is 2.41. The number of carbonyl (C=O) groups excluding carboxylic acids is 5. The zero-order chi connectivity index (χ0) is 52.6. The number of anilines is 6. The van der Waals surface area contributed by atoms with Gasteiger partial charge in [0, 0.05) is 137 Å². The smallest absolute Gasteiger partial charge is 0.293 e. The topological polar surface area (TPSA) is 202 Å². The molecule has 19 nitrogen and oxygen atoms in total. The summed E-state index contributed by atoms with van der Waals surface area (Å²) in [4.78, 5) is 101. The molecule has 2 atom stereocenters. The summed E-state index contributed by atoms with van der Waals surface area (Å²) in [5, 5.41) is 17.1. The SMILES string of the molecule is C=CC(=O)Nc1cc(Nc2nc(-c3ccnc(N4CCn5c(cc6c5CC(C)(C)C6)C4=O)c3CO)cn(C)c2=O)ccc1N1CCN(C2CCN(c3cccc4c3CN(C3CCC(=O)N(C)C3=O)C4=O)CC2)C[C@@H]1C. The fraction of sp³-hybridized carbons (Fsp3) is 0.429. The third-order valence-electron chi connectivity index (χ3n) is 16.4. The molecule has 0 radical (unpaired) electrons. The average molecular weight is 1020 g/mol. The van der Waals surface area contributed by atoms with E-state index in [0.717, 1.165) is 73.7 Å². The first-order valence-corrected chi connectivity index (χ1v) is 26.1. The summed E-state index contributed by atoms with van der Waals surface area (Å²) in [6, 6.07) is 14.9. The van der Waals surface area contributed by atoms with Gasteiger partial charge in [0.15, 0.2) is 5.82 Å². The number of hydrogen-bond donors (Lipinski definition) is 3. The maximum absolute atomic E-state index is 14.1. The van der Waals surface area contributed by atoms with Crippen LogP contribution < -0.4 is 30.9 Å². The number of imide groups is 1. The molecule has 8 heterocycles. The van der Waals surface area contributed by atoms with E-state index in [9.17, 15) is 33.9 Å². The van der Waals surface area contributed by atoms with Crippen molar-refractivity contribution >= 4 is 63.9 Å². The van der Waals surface area contributed by atoms with Gasteiger partial charge in [-0.25, -0.2) is 9.97 Å². The number of likely N-dealkylation sites (tertiary alicyclic amines) is 1. The van der Waals surface area contributed by atoms with Crippen LogP contribution >= 0.6 is 0 Å². The van der Waals surface area contributed by atoms with E-state index < -0.39 is 18.2 Å². The number of likely N-dealkylation sites (N-methyl/N-ethyl adjacent to an activating group) is 1. The number of nitrogens with one attached hydrogen (secondary N) is 2. The molecule has 3 aromatic heterocycles. The van der Waals surface area contributed by atoms with Gasteiger partial charge in [0.2, 0.25) is 11.8 Å². The van der Waals surface area contributed by atoms with Crippen molar-refractivity contribution in [2.75, 3.05) is 71.6 Å². The Morgan fingerprint density at radius 3 is 2.45 bits per heavy atom. The monoisotopic (exact) mass is 1020 g/mol. The Bertz CT molecular complexity index is 3260. The summed E-state index contributed by atoms with van der Waals surface area (Å²) in [5.74, 6) is -0.886. The lowest BCUT2D eigenvalue weighted by Crippen LogP contribution is -2.57. The Morgan fingerprint density at radius 2 is 1.69 bits per heavy atom. The number of amides is 5. The maximum atomic E-state index is 14.1. The lowest BCUT2D eigenvalue weighted by molar-refractivity contribution is -0.150. The first-order valence-electron chi connectivity index (χ1n) is 26.1. The summed E-state index contributed by atoms with van der Waals surface area (Å²) < 4.78 is 3.56. The van der Waals surface area contributed by atoms with Gasteiger partial charge < -0.3 is 39.6 Å². The van der Waals surface area contributed by atoms with Crippen LogP contribution in [0, 0.1) is 5.41 Å². The maximum Gasteiger partial charge on any atom is 0.293 e. The minimum Gasteiger partial charge on any atom is -0.392 e. The molecule has 6 aliphatic rings. The molecule has 5 amide bonds. The number of benzene rings is 2. The zero-order valence-corrected chi connectivity index (χ0v) is 43.3. The molecule has 3 fully saturated rings. The van der Waals surface area contributed by atoms with Gasteiger partial charge >= 0.3 is 0 Å².